The monoisotopic (exact) mass is 314 g/mol. The van der Waals surface area contributed by atoms with Crippen LogP contribution in [-0.2, 0) is 0 Å². The standard InChI is InChI=1S/C23H38/c1-6-21(3)12-10-20-18-8-7-17-15-16(2)9-13-22(17,4)19(18)11-14-23(20,21)5/h7,16,18-20H,6,8-15H2,1-5H3/t16?,18?,19?,20?,21?,22-,23?/m0/s1. The first kappa shape index (κ1) is 16.2. The fourth-order valence-corrected chi connectivity index (χ4v) is 7.79. The fourth-order valence-electron chi connectivity index (χ4n) is 7.79. The van der Waals surface area contributed by atoms with Crippen molar-refractivity contribution in [2.45, 2.75) is 92.4 Å². The van der Waals surface area contributed by atoms with Crippen LogP contribution in [0, 0.1) is 39.9 Å². The second-order valence-corrected chi connectivity index (χ2v) is 10.5. The van der Waals surface area contributed by atoms with E-state index in [9.17, 15) is 0 Å². The Morgan fingerprint density at radius 2 is 1.74 bits per heavy atom. The molecule has 4 aliphatic rings. The molecule has 4 aliphatic carbocycles. The van der Waals surface area contributed by atoms with Crippen molar-refractivity contribution in [3.8, 4) is 0 Å². The van der Waals surface area contributed by atoms with E-state index >= 15 is 0 Å². The summed E-state index contributed by atoms with van der Waals surface area (Å²) in [5, 5.41) is 0. The molecule has 0 aliphatic heterocycles. The van der Waals surface area contributed by atoms with E-state index in [4.69, 9.17) is 0 Å². The van der Waals surface area contributed by atoms with Crippen LogP contribution in [0.15, 0.2) is 11.6 Å². The smallest absolute Gasteiger partial charge is 0.00851 e. The van der Waals surface area contributed by atoms with Crippen LogP contribution in [0.5, 0.6) is 0 Å². The van der Waals surface area contributed by atoms with Crippen molar-refractivity contribution < 1.29 is 0 Å². The number of rotatable bonds is 1. The summed E-state index contributed by atoms with van der Waals surface area (Å²) in [6, 6.07) is 0. The molecule has 0 radical (unpaired) electrons. The molecule has 7 atom stereocenters. The molecule has 0 heterocycles. The van der Waals surface area contributed by atoms with Crippen molar-refractivity contribution >= 4 is 0 Å². The van der Waals surface area contributed by atoms with Crippen molar-refractivity contribution in [1.82, 2.24) is 0 Å². The lowest BCUT2D eigenvalue weighted by Crippen LogP contribution is -2.51. The summed E-state index contributed by atoms with van der Waals surface area (Å²) in [4.78, 5) is 0. The first-order valence-electron chi connectivity index (χ1n) is 10.5. The predicted octanol–water partition coefficient (Wildman–Crippen LogP) is 7.00. The highest BCUT2D eigenvalue weighted by Gasteiger charge is 2.61. The molecule has 3 fully saturated rings. The highest BCUT2D eigenvalue weighted by Crippen LogP contribution is 2.70. The maximum Gasteiger partial charge on any atom is -0.00851 e. The normalized spacial score (nSPS) is 55.6. The zero-order chi connectivity index (χ0) is 16.5. The zero-order valence-electron chi connectivity index (χ0n) is 16.3. The number of hydrogen-bond donors (Lipinski definition) is 0. The van der Waals surface area contributed by atoms with Gasteiger partial charge in [0.05, 0.1) is 0 Å². The largest absolute Gasteiger partial charge is 0.0845 e. The molecule has 0 aromatic heterocycles. The van der Waals surface area contributed by atoms with Crippen LogP contribution >= 0.6 is 0 Å². The minimum atomic E-state index is 0.558. The first-order valence-corrected chi connectivity index (χ1v) is 10.5. The Kier molecular flexibility index (Phi) is 3.61. The van der Waals surface area contributed by atoms with Crippen molar-refractivity contribution in [3.05, 3.63) is 11.6 Å². The predicted molar refractivity (Wildman–Crippen MR) is 99.3 cm³/mol. The van der Waals surface area contributed by atoms with Gasteiger partial charge in [-0.25, -0.2) is 0 Å². The summed E-state index contributed by atoms with van der Waals surface area (Å²) in [5.74, 6) is 3.91. The molecule has 0 amide bonds. The van der Waals surface area contributed by atoms with Gasteiger partial charge in [0.1, 0.15) is 0 Å². The van der Waals surface area contributed by atoms with Crippen LogP contribution in [0.3, 0.4) is 0 Å². The van der Waals surface area contributed by atoms with Gasteiger partial charge in [-0.2, -0.15) is 0 Å². The molecule has 6 unspecified atom stereocenters. The van der Waals surface area contributed by atoms with Gasteiger partial charge < -0.3 is 0 Å². The molecule has 0 aromatic rings. The molecule has 0 saturated heterocycles. The summed E-state index contributed by atoms with van der Waals surface area (Å²) in [6.07, 6.45) is 15.8. The van der Waals surface area contributed by atoms with Crippen molar-refractivity contribution in [3.63, 3.8) is 0 Å². The molecule has 0 aromatic carbocycles. The van der Waals surface area contributed by atoms with Crippen LogP contribution in [0.1, 0.15) is 92.4 Å². The maximum absolute atomic E-state index is 2.73. The average Bonchev–Trinajstić information content (AvgIpc) is 2.80. The van der Waals surface area contributed by atoms with Crippen LogP contribution in [0.4, 0.5) is 0 Å². The lowest BCUT2D eigenvalue weighted by Gasteiger charge is -2.59. The Hall–Kier alpha value is -0.260. The lowest BCUT2D eigenvalue weighted by molar-refractivity contribution is -0.0698. The van der Waals surface area contributed by atoms with Crippen LogP contribution in [0.2, 0.25) is 0 Å². The van der Waals surface area contributed by atoms with Gasteiger partial charge in [0.15, 0.2) is 0 Å². The van der Waals surface area contributed by atoms with Crippen LogP contribution in [0.25, 0.3) is 0 Å². The van der Waals surface area contributed by atoms with Crippen molar-refractivity contribution in [2.75, 3.05) is 0 Å². The molecule has 23 heavy (non-hydrogen) atoms. The van der Waals surface area contributed by atoms with Crippen LogP contribution in [-0.4, -0.2) is 0 Å². The van der Waals surface area contributed by atoms with E-state index in [1.54, 1.807) is 0 Å². The quantitative estimate of drug-likeness (QED) is 0.457. The highest BCUT2D eigenvalue weighted by molar-refractivity contribution is 5.25. The Morgan fingerprint density at radius 1 is 1.00 bits per heavy atom. The molecule has 0 bridgehead atoms. The van der Waals surface area contributed by atoms with Gasteiger partial charge in [0.2, 0.25) is 0 Å². The summed E-state index contributed by atoms with van der Waals surface area (Å²) < 4.78 is 0. The van der Waals surface area contributed by atoms with Crippen molar-refractivity contribution in [1.29, 1.82) is 0 Å². The Bertz CT molecular complexity index is 516. The zero-order valence-corrected chi connectivity index (χ0v) is 16.3. The number of hydrogen-bond acceptors (Lipinski definition) is 0. The number of allylic oxidation sites excluding steroid dienone is 2. The Morgan fingerprint density at radius 3 is 2.48 bits per heavy atom. The molecule has 130 valence electrons. The summed E-state index contributed by atoms with van der Waals surface area (Å²) in [7, 11) is 0. The third kappa shape index (κ3) is 2.02. The van der Waals surface area contributed by atoms with E-state index in [0.29, 0.717) is 16.2 Å². The van der Waals surface area contributed by atoms with E-state index in [0.717, 1.165) is 23.7 Å². The average molecular weight is 315 g/mol. The lowest BCUT2D eigenvalue weighted by atomic mass is 9.45. The summed E-state index contributed by atoms with van der Waals surface area (Å²) >= 11 is 0. The third-order valence-corrected chi connectivity index (χ3v) is 9.91. The maximum atomic E-state index is 2.73. The third-order valence-electron chi connectivity index (χ3n) is 9.91. The van der Waals surface area contributed by atoms with Gasteiger partial charge in [-0.15, -0.1) is 0 Å². The highest BCUT2D eigenvalue weighted by atomic mass is 14.7. The second kappa shape index (κ2) is 5.12. The molecule has 0 spiro atoms. The van der Waals surface area contributed by atoms with Gasteiger partial charge >= 0.3 is 0 Å². The van der Waals surface area contributed by atoms with E-state index in [1.165, 1.54) is 57.8 Å². The van der Waals surface area contributed by atoms with Crippen LogP contribution < -0.4 is 0 Å². The topological polar surface area (TPSA) is 0 Å². The molecule has 0 heteroatoms. The van der Waals surface area contributed by atoms with Crippen molar-refractivity contribution in [2.24, 2.45) is 39.9 Å². The Balaban J connectivity index is 1.68. The van der Waals surface area contributed by atoms with E-state index in [1.807, 2.05) is 5.57 Å². The molecule has 0 nitrogen and oxygen atoms in total. The second-order valence-electron chi connectivity index (χ2n) is 10.5. The van der Waals surface area contributed by atoms with Gasteiger partial charge in [-0.05, 0) is 91.3 Å². The van der Waals surface area contributed by atoms with E-state index < -0.39 is 0 Å². The first-order chi connectivity index (χ1) is 10.8. The Labute approximate surface area is 144 Å². The van der Waals surface area contributed by atoms with Gasteiger partial charge in [0.25, 0.3) is 0 Å². The summed E-state index contributed by atoms with van der Waals surface area (Å²) in [5.41, 5.74) is 3.64. The molecule has 3 saturated carbocycles. The number of fused-ring (bicyclic) bond motifs is 5. The fraction of sp³-hybridized carbons (Fsp3) is 0.913. The molecule has 4 rings (SSSR count). The minimum Gasteiger partial charge on any atom is -0.0845 e. The van der Waals surface area contributed by atoms with Gasteiger partial charge in [-0.3, -0.25) is 0 Å². The van der Waals surface area contributed by atoms with E-state index in [-0.39, 0.29) is 0 Å². The molecular weight excluding hydrogens is 276 g/mol. The van der Waals surface area contributed by atoms with Gasteiger partial charge in [-0.1, -0.05) is 52.7 Å². The SMILES string of the molecule is CCC1(C)CCC2C3CC=C4CC(C)CC[C@]4(C)C3CCC21C. The molecular formula is C23H38. The summed E-state index contributed by atoms with van der Waals surface area (Å²) in [6.45, 7) is 12.9. The van der Waals surface area contributed by atoms with Gasteiger partial charge in [0, 0.05) is 0 Å². The van der Waals surface area contributed by atoms with E-state index in [2.05, 4.69) is 40.7 Å². The molecule has 0 N–H and O–H groups in total. The minimum absolute atomic E-state index is 0.558.